The van der Waals surface area contributed by atoms with Crippen LogP contribution in [0.5, 0.6) is 0 Å². The summed E-state index contributed by atoms with van der Waals surface area (Å²) >= 11 is 0. The van der Waals surface area contributed by atoms with Crippen molar-refractivity contribution in [3.63, 3.8) is 0 Å². The number of hydrogen-bond donors (Lipinski definition) is 1. The van der Waals surface area contributed by atoms with Gasteiger partial charge in [-0.25, -0.2) is 0 Å². The van der Waals surface area contributed by atoms with E-state index in [0.29, 0.717) is 5.69 Å². The molecule has 0 radical (unpaired) electrons. The van der Waals surface area contributed by atoms with Crippen molar-refractivity contribution in [3.8, 4) is 0 Å². The molecular formula is C10H14N2O. The summed E-state index contributed by atoms with van der Waals surface area (Å²) in [7, 11) is 1.73. The Hall–Kier alpha value is -1.51. The zero-order chi connectivity index (χ0) is 10.0. The van der Waals surface area contributed by atoms with E-state index in [2.05, 4.69) is 0 Å². The Morgan fingerprint density at radius 3 is 2.54 bits per heavy atom. The predicted molar refractivity (Wildman–Crippen MR) is 54.7 cm³/mol. The molecule has 1 rings (SSSR count). The van der Waals surface area contributed by atoms with Crippen molar-refractivity contribution >= 4 is 17.3 Å². The van der Waals surface area contributed by atoms with Gasteiger partial charge in [0.05, 0.1) is 0 Å². The van der Waals surface area contributed by atoms with Gasteiger partial charge in [0.25, 0.3) is 0 Å². The van der Waals surface area contributed by atoms with E-state index >= 15 is 0 Å². The number of anilines is 2. The maximum Gasteiger partial charge on any atom is 0.223 e. The summed E-state index contributed by atoms with van der Waals surface area (Å²) in [6.45, 7) is 3.46. The molecule has 0 bridgehead atoms. The molecule has 3 nitrogen and oxygen atoms in total. The van der Waals surface area contributed by atoms with Crippen LogP contribution in [0.2, 0.25) is 0 Å². The van der Waals surface area contributed by atoms with Crippen molar-refractivity contribution < 1.29 is 4.79 Å². The Balaban J connectivity index is 3.03. The van der Waals surface area contributed by atoms with Gasteiger partial charge in [0, 0.05) is 25.3 Å². The van der Waals surface area contributed by atoms with Crippen LogP contribution in [0.4, 0.5) is 11.4 Å². The lowest BCUT2D eigenvalue weighted by Crippen LogP contribution is -2.22. The second kappa shape index (κ2) is 3.47. The van der Waals surface area contributed by atoms with Crippen molar-refractivity contribution in [1.82, 2.24) is 0 Å². The van der Waals surface area contributed by atoms with E-state index < -0.39 is 0 Å². The van der Waals surface area contributed by atoms with Gasteiger partial charge in [0.2, 0.25) is 5.91 Å². The van der Waals surface area contributed by atoms with E-state index in [4.69, 9.17) is 5.73 Å². The molecule has 0 aliphatic heterocycles. The van der Waals surface area contributed by atoms with Crippen LogP contribution in [0, 0.1) is 6.92 Å². The largest absolute Gasteiger partial charge is 0.398 e. The zero-order valence-electron chi connectivity index (χ0n) is 8.16. The summed E-state index contributed by atoms with van der Waals surface area (Å²) in [5.74, 6) is 0.00301. The molecule has 0 saturated carbocycles. The van der Waals surface area contributed by atoms with Gasteiger partial charge in [-0.15, -0.1) is 0 Å². The quantitative estimate of drug-likeness (QED) is 0.663. The molecule has 0 spiro atoms. The first kappa shape index (κ1) is 9.58. The normalized spacial score (nSPS) is 9.77. The number of nitrogen functional groups attached to an aromatic ring is 1. The van der Waals surface area contributed by atoms with Crippen LogP contribution >= 0.6 is 0 Å². The van der Waals surface area contributed by atoms with Crippen LogP contribution in [0.3, 0.4) is 0 Å². The Kier molecular flexibility index (Phi) is 2.56. The molecule has 0 aromatic heterocycles. The highest BCUT2D eigenvalue weighted by molar-refractivity contribution is 5.91. The fourth-order valence-electron chi connectivity index (χ4n) is 1.02. The molecule has 2 N–H and O–H groups in total. The highest BCUT2D eigenvalue weighted by Gasteiger charge is 2.05. The van der Waals surface area contributed by atoms with Gasteiger partial charge in [-0.05, 0) is 24.6 Å². The first-order chi connectivity index (χ1) is 6.02. The lowest BCUT2D eigenvalue weighted by molar-refractivity contribution is -0.116. The number of hydrogen-bond acceptors (Lipinski definition) is 2. The van der Waals surface area contributed by atoms with E-state index in [1.165, 1.54) is 6.92 Å². The summed E-state index contributed by atoms with van der Waals surface area (Å²) in [6.07, 6.45) is 0. The second-order valence-corrected chi connectivity index (χ2v) is 3.12. The number of nitrogens with two attached hydrogens (primary N) is 1. The molecule has 0 fully saturated rings. The third kappa shape index (κ3) is 1.99. The molecule has 0 unspecified atom stereocenters. The maximum atomic E-state index is 11.0. The minimum absolute atomic E-state index is 0.00301. The van der Waals surface area contributed by atoms with Crippen molar-refractivity contribution in [2.45, 2.75) is 13.8 Å². The van der Waals surface area contributed by atoms with E-state index in [-0.39, 0.29) is 5.91 Å². The number of rotatable bonds is 1. The second-order valence-electron chi connectivity index (χ2n) is 3.12. The number of nitrogens with zero attached hydrogens (tertiary/aromatic N) is 1. The number of amides is 1. The Morgan fingerprint density at radius 1 is 1.46 bits per heavy atom. The molecule has 0 saturated heterocycles. The topological polar surface area (TPSA) is 46.3 Å². The van der Waals surface area contributed by atoms with Gasteiger partial charge in [-0.2, -0.15) is 0 Å². The number of benzene rings is 1. The summed E-state index contributed by atoms with van der Waals surface area (Å²) < 4.78 is 0. The van der Waals surface area contributed by atoms with E-state index in [9.17, 15) is 4.79 Å². The SMILES string of the molecule is CC(=O)N(C)c1ccc(C)c(N)c1. The molecule has 70 valence electrons. The fourth-order valence-corrected chi connectivity index (χ4v) is 1.02. The van der Waals surface area contributed by atoms with Gasteiger partial charge in [0.1, 0.15) is 0 Å². The van der Waals surface area contributed by atoms with E-state index in [1.807, 2.05) is 19.1 Å². The summed E-state index contributed by atoms with van der Waals surface area (Å²) in [5, 5.41) is 0. The van der Waals surface area contributed by atoms with Crippen molar-refractivity contribution in [2.24, 2.45) is 0 Å². The first-order valence-electron chi connectivity index (χ1n) is 4.13. The molecule has 0 heterocycles. The molecule has 13 heavy (non-hydrogen) atoms. The zero-order valence-corrected chi connectivity index (χ0v) is 8.16. The smallest absolute Gasteiger partial charge is 0.223 e. The molecule has 0 aliphatic carbocycles. The van der Waals surface area contributed by atoms with Crippen molar-refractivity contribution in [1.29, 1.82) is 0 Å². The summed E-state index contributed by atoms with van der Waals surface area (Å²) in [6, 6.07) is 5.59. The Morgan fingerprint density at radius 2 is 2.08 bits per heavy atom. The first-order valence-corrected chi connectivity index (χ1v) is 4.13. The van der Waals surface area contributed by atoms with Crippen molar-refractivity contribution in [3.05, 3.63) is 23.8 Å². The number of carbonyl (C=O) groups is 1. The summed E-state index contributed by atoms with van der Waals surface area (Å²) in [5.41, 5.74) is 8.29. The van der Waals surface area contributed by atoms with Crippen LogP contribution < -0.4 is 10.6 Å². The molecule has 3 heteroatoms. The average molecular weight is 178 g/mol. The van der Waals surface area contributed by atoms with Crippen LogP contribution in [0.15, 0.2) is 18.2 Å². The average Bonchev–Trinajstić information content (AvgIpc) is 2.08. The van der Waals surface area contributed by atoms with Gasteiger partial charge in [0.15, 0.2) is 0 Å². The third-order valence-electron chi connectivity index (χ3n) is 2.12. The van der Waals surface area contributed by atoms with Crippen LogP contribution in [0.1, 0.15) is 12.5 Å². The molecular weight excluding hydrogens is 164 g/mol. The highest BCUT2D eigenvalue weighted by atomic mass is 16.2. The minimum Gasteiger partial charge on any atom is -0.398 e. The van der Waals surface area contributed by atoms with Crippen LogP contribution in [0.25, 0.3) is 0 Å². The van der Waals surface area contributed by atoms with Crippen LogP contribution in [-0.4, -0.2) is 13.0 Å². The molecule has 1 amide bonds. The van der Waals surface area contributed by atoms with E-state index in [1.54, 1.807) is 18.0 Å². The lowest BCUT2D eigenvalue weighted by Gasteiger charge is -2.15. The fraction of sp³-hybridized carbons (Fsp3) is 0.300. The maximum absolute atomic E-state index is 11.0. The van der Waals surface area contributed by atoms with Gasteiger partial charge in [-0.3, -0.25) is 4.79 Å². The number of aryl methyl sites for hydroxylation is 1. The van der Waals surface area contributed by atoms with Gasteiger partial charge in [-0.1, -0.05) is 6.07 Å². The van der Waals surface area contributed by atoms with Gasteiger partial charge < -0.3 is 10.6 Å². The van der Waals surface area contributed by atoms with Crippen molar-refractivity contribution in [2.75, 3.05) is 17.7 Å². The summed E-state index contributed by atoms with van der Waals surface area (Å²) in [4.78, 5) is 12.6. The van der Waals surface area contributed by atoms with E-state index in [0.717, 1.165) is 11.3 Å². The highest BCUT2D eigenvalue weighted by Crippen LogP contribution is 2.19. The Bertz CT molecular complexity index is 334. The monoisotopic (exact) mass is 178 g/mol. The van der Waals surface area contributed by atoms with Gasteiger partial charge >= 0.3 is 0 Å². The standard InChI is InChI=1S/C10H14N2O/c1-7-4-5-9(6-10(7)11)12(3)8(2)13/h4-6H,11H2,1-3H3. The lowest BCUT2D eigenvalue weighted by atomic mass is 10.2. The molecule has 0 aliphatic rings. The Labute approximate surface area is 78.2 Å². The molecule has 1 aromatic carbocycles. The minimum atomic E-state index is 0.00301. The molecule has 1 aromatic rings. The predicted octanol–water partition coefficient (Wildman–Crippen LogP) is 1.56. The van der Waals surface area contributed by atoms with Crippen LogP contribution in [-0.2, 0) is 4.79 Å². The third-order valence-corrected chi connectivity index (χ3v) is 2.12. The number of carbonyl (C=O) groups excluding carboxylic acids is 1. The molecule has 0 atom stereocenters.